The van der Waals surface area contributed by atoms with Gasteiger partial charge in [-0.25, -0.2) is 4.79 Å². The molecule has 0 atom stereocenters. The van der Waals surface area contributed by atoms with E-state index in [0.29, 0.717) is 30.8 Å². The topological polar surface area (TPSA) is 64.6 Å². The van der Waals surface area contributed by atoms with Crippen LogP contribution >= 0.6 is 0 Å². The van der Waals surface area contributed by atoms with Crippen molar-refractivity contribution in [2.24, 2.45) is 0 Å². The average Bonchev–Trinajstić information content (AvgIpc) is 2.43. The highest BCUT2D eigenvalue weighted by Gasteiger charge is 2.04. The fourth-order valence-corrected chi connectivity index (χ4v) is 1.35. The van der Waals surface area contributed by atoms with Crippen molar-refractivity contribution in [2.45, 2.75) is 12.8 Å². The van der Waals surface area contributed by atoms with E-state index in [1.165, 1.54) is 7.11 Å². The first-order chi connectivity index (χ1) is 8.67. The van der Waals surface area contributed by atoms with Gasteiger partial charge in [0.15, 0.2) is 0 Å². The van der Waals surface area contributed by atoms with Crippen LogP contribution in [0.1, 0.15) is 23.2 Å². The van der Waals surface area contributed by atoms with Crippen molar-refractivity contribution in [1.82, 2.24) is 5.32 Å². The zero-order valence-corrected chi connectivity index (χ0v) is 10.6. The number of hydrogen-bond donors (Lipinski definition) is 1. The molecule has 0 saturated carbocycles. The van der Waals surface area contributed by atoms with Crippen LogP contribution in [0.25, 0.3) is 0 Å². The van der Waals surface area contributed by atoms with Crippen LogP contribution < -0.4 is 10.1 Å². The third-order valence-electron chi connectivity index (χ3n) is 2.37. The first-order valence-electron chi connectivity index (χ1n) is 5.69. The van der Waals surface area contributed by atoms with E-state index in [1.54, 1.807) is 31.3 Å². The molecule has 0 fully saturated rings. The van der Waals surface area contributed by atoms with Crippen molar-refractivity contribution in [2.75, 3.05) is 20.8 Å². The van der Waals surface area contributed by atoms with E-state index in [9.17, 15) is 9.59 Å². The summed E-state index contributed by atoms with van der Waals surface area (Å²) in [6, 6.07) is 6.68. The normalized spacial score (nSPS) is 9.67. The van der Waals surface area contributed by atoms with Crippen molar-refractivity contribution in [3.05, 3.63) is 29.8 Å². The Kier molecular flexibility index (Phi) is 5.70. The monoisotopic (exact) mass is 251 g/mol. The summed E-state index contributed by atoms with van der Waals surface area (Å²) >= 11 is 0. The molecule has 0 heterocycles. The van der Waals surface area contributed by atoms with Crippen LogP contribution in [0.4, 0.5) is 0 Å². The quantitative estimate of drug-likeness (QED) is 0.612. The molecule has 1 amide bonds. The highest BCUT2D eigenvalue weighted by atomic mass is 16.5. The van der Waals surface area contributed by atoms with E-state index in [2.05, 4.69) is 10.1 Å². The summed E-state index contributed by atoms with van der Waals surface area (Å²) < 4.78 is 10.0. The molecule has 1 aromatic carbocycles. The van der Waals surface area contributed by atoms with Crippen LogP contribution in [-0.4, -0.2) is 32.6 Å². The molecule has 0 aromatic heterocycles. The smallest absolute Gasteiger partial charge is 0.337 e. The summed E-state index contributed by atoms with van der Waals surface area (Å²) in [5.41, 5.74) is 0.482. The van der Waals surface area contributed by atoms with E-state index in [4.69, 9.17) is 4.74 Å². The second kappa shape index (κ2) is 7.32. The fourth-order valence-electron chi connectivity index (χ4n) is 1.35. The zero-order chi connectivity index (χ0) is 13.4. The number of ether oxygens (including phenoxy) is 2. The second-order valence-corrected chi connectivity index (χ2v) is 3.64. The lowest BCUT2D eigenvalue weighted by Crippen LogP contribution is -2.18. The van der Waals surface area contributed by atoms with Crippen LogP contribution in [0.3, 0.4) is 0 Å². The number of nitrogens with one attached hydrogen (secondary N) is 1. The summed E-state index contributed by atoms with van der Waals surface area (Å²) in [5, 5.41) is 2.54. The van der Waals surface area contributed by atoms with Crippen LogP contribution in [0.2, 0.25) is 0 Å². The Morgan fingerprint density at radius 1 is 1.22 bits per heavy atom. The highest BCUT2D eigenvalue weighted by Crippen LogP contribution is 2.13. The number of methoxy groups -OCH3 is 1. The van der Waals surface area contributed by atoms with Crippen LogP contribution in [0, 0.1) is 0 Å². The lowest BCUT2D eigenvalue weighted by atomic mass is 10.2. The molecule has 0 aliphatic heterocycles. The molecule has 1 aromatic rings. The van der Waals surface area contributed by atoms with Crippen LogP contribution in [0.15, 0.2) is 24.3 Å². The van der Waals surface area contributed by atoms with Gasteiger partial charge in [0.05, 0.1) is 19.3 Å². The molecule has 0 bridgehead atoms. The molecule has 5 heteroatoms. The third kappa shape index (κ3) is 4.45. The molecule has 0 unspecified atom stereocenters. The average molecular weight is 251 g/mol. The molecule has 1 N–H and O–H groups in total. The van der Waals surface area contributed by atoms with Crippen molar-refractivity contribution in [1.29, 1.82) is 0 Å². The maximum absolute atomic E-state index is 11.2. The van der Waals surface area contributed by atoms with Gasteiger partial charge >= 0.3 is 5.97 Å². The second-order valence-electron chi connectivity index (χ2n) is 3.64. The number of rotatable bonds is 6. The zero-order valence-electron chi connectivity index (χ0n) is 10.6. The molecule has 0 aliphatic carbocycles. The summed E-state index contributed by atoms with van der Waals surface area (Å²) in [6.45, 7) is 0.463. The van der Waals surface area contributed by atoms with Gasteiger partial charge < -0.3 is 14.8 Å². The predicted octanol–water partition coefficient (Wildman–Crippen LogP) is 1.38. The van der Waals surface area contributed by atoms with Crippen molar-refractivity contribution in [3.8, 4) is 5.75 Å². The Balaban J connectivity index is 2.35. The maximum Gasteiger partial charge on any atom is 0.337 e. The third-order valence-corrected chi connectivity index (χ3v) is 2.37. The number of carbonyl (C=O) groups is 2. The minimum absolute atomic E-state index is 0.000334. The molecule has 98 valence electrons. The minimum Gasteiger partial charge on any atom is -0.494 e. The van der Waals surface area contributed by atoms with E-state index in [0.717, 1.165) is 0 Å². The Labute approximate surface area is 106 Å². The van der Waals surface area contributed by atoms with E-state index < -0.39 is 0 Å². The van der Waals surface area contributed by atoms with Gasteiger partial charge in [-0.1, -0.05) is 0 Å². The Morgan fingerprint density at radius 3 is 2.44 bits per heavy atom. The first-order valence-corrected chi connectivity index (χ1v) is 5.69. The first kappa shape index (κ1) is 14.0. The SMILES string of the molecule is CNC(=O)CCCOc1ccc(C(=O)OC)cc1. The highest BCUT2D eigenvalue weighted by molar-refractivity contribution is 5.89. The van der Waals surface area contributed by atoms with Crippen molar-refractivity contribution >= 4 is 11.9 Å². The molecule has 0 radical (unpaired) electrons. The van der Waals surface area contributed by atoms with Crippen LogP contribution in [-0.2, 0) is 9.53 Å². The number of esters is 1. The van der Waals surface area contributed by atoms with Gasteiger partial charge in [-0.3, -0.25) is 4.79 Å². The Morgan fingerprint density at radius 2 is 1.89 bits per heavy atom. The number of carbonyl (C=O) groups excluding carboxylic acids is 2. The van der Waals surface area contributed by atoms with E-state index in [-0.39, 0.29) is 11.9 Å². The molecule has 0 saturated heterocycles. The lowest BCUT2D eigenvalue weighted by molar-refractivity contribution is -0.120. The molecular formula is C13H17NO4. The Bertz CT molecular complexity index is 400. The van der Waals surface area contributed by atoms with Gasteiger partial charge in [-0.15, -0.1) is 0 Å². The summed E-state index contributed by atoms with van der Waals surface area (Å²) in [5.74, 6) is 0.292. The largest absolute Gasteiger partial charge is 0.494 e. The predicted molar refractivity (Wildman–Crippen MR) is 66.6 cm³/mol. The summed E-state index contributed by atoms with van der Waals surface area (Å²) in [6.07, 6.45) is 1.09. The standard InChI is InChI=1S/C13H17NO4/c1-14-12(15)4-3-9-18-11-7-5-10(6-8-11)13(16)17-2/h5-8H,3-4,9H2,1-2H3,(H,14,15). The van der Waals surface area contributed by atoms with E-state index in [1.807, 2.05) is 0 Å². The molecule has 0 spiro atoms. The van der Waals surface area contributed by atoms with Gasteiger partial charge in [-0.2, -0.15) is 0 Å². The van der Waals surface area contributed by atoms with Gasteiger partial charge in [0.2, 0.25) is 5.91 Å². The summed E-state index contributed by atoms with van der Waals surface area (Å²) in [4.78, 5) is 22.1. The number of hydrogen-bond acceptors (Lipinski definition) is 4. The van der Waals surface area contributed by atoms with Gasteiger partial charge in [0.1, 0.15) is 5.75 Å². The Hall–Kier alpha value is -2.04. The van der Waals surface area contributed by atoms with Crippen molar-refractivity contribution in [3.63, 3.8) is 0 Å². The van der Waals surface area contributed by atoms with E-state index >= 15 is 0 Å². The number of amides is 1. The minimum atomic E-state index is -0.374. The van der Waals surface area contributed by atoms with Crippen molar-refractivity contribution < 1.29 is 19.1 Å². The number of benzene rings is 1. The maximum atomic E-state index is 11.2. The van der Waals surface area contributed by atoms with Gasteiger partial charge in [-0.05, 0) is 30.7 Å². The summed E-state index contributed by atoms with van der Waals surface area (Å²) in [7, 11) is 2.94. The van der Waals surface area contributed by atoms with Gasteiger partial charge in [0.25, 0.3) is 0 Å². The molecule has 18 heavy (non-hydrogen) atoms. The lowest BCUT2D eigenvalue weighted by Gasteiger charge is -2.06. The van der Waals surface area contributed by atoms with Crippen LogP contribution in [0.5, 0.6) is 5.75 Å². The van der Waals surface area contributed by atoms with Gasteiger partial charge in [0, 0.05) is 13.5 Å². The molecule has 5 nitrogen and oxygen atoms in total. The molecule has 1 rings (SSSR count). The fraction of sp³-hybridized carbons (Fsp3) is 0.385. The molecule has 0 aliphatic rings. The molecular weight excluding hydrogens is 234 g/mol.